The molecule has 2 aromatic carbocycles. The Bertz CT molecular complexity index is 625. The van der Waals surface area contributed by atoms with Crippen LogP contribution in [0.25, 0.3) is 11.1 Å². The molecule has 1 saturated heterocycles. The maximum Gasteiger partial charge on any atom is 0.322 e. The fourth-order valence-electron chi connectivity index (χ4n) is 2.86. The van der Waals surface area contributed by atoms with Gasteiger partial charge in [-0.15, -0.1) is 0 Å². The van der Waals surface area contributed by atoms with Crippen LogP contribution in [0.3, 0.4) is 0 Å². The smallest absolute Gasteiger partial charge is 0.322 e. The first kappa shape index (κ1) is 14.6. The third kappa shape index (κ3) is 3.12. The van der Waals surface area contributed by atoms with Gasteiger partial charge in [0.25, 0.3) is 0 Å². The van der Waals surface area contributed by atoms with Crippen molar-refractivity contribution in [3.8, 4) is 11.1 Å². The zero-order valence-electron chi connectivity index (χ0n) is 12.4. The van der Waals surface area contributed by atoms with Crippen LogP contribution in [-0.2, 0) is 0 Å². The third-order valence-electron chi connectivity index (χ3n) is 4.09. The second kappa shape index (κ2) is 6.62. The van der Waals surface area contributed by atoms with Gasteiger partial charge in [-0.2, -0.15) is 0 Å². The Kier molecular flexibility index (Phi) is 4.39. The van der Waals surface area contributed by atoms with Crippen LogP contribution in [0, 0.1) is 0 Å². The number of hydrogen-bond acceptors (Lipinski definition) is 2. The highest BCUT2D eigenvalue weighted by Gasteiger charge is 2.27. The van der Waals surface area contributed by atoms with Crippen LogP contribution in [0.5, 0.6) is 0 Å². The first-order chi connectivity index (χ1) is 10.8. The van der Waals surface area contributed by atoms with Crippen molar-refractivity contribution in [2.24, 2.45) is 0 Å². The molecule has 0 saturated carbocycles. The predicted octanol–water partition coefficient (Wildman–Crippen LogP) is 3.34. The number of anilines is 1. The van der Waals surface area contributed by atoms with Crippen molar-refractivity contribution >= 4 is 11.7 Å². The van der Waals surface area contributed by atoms with Gasteiger partial charge < -0.3 is 15.3 Å². The van der Waals surface area contributed by atoms with E-state index >= 15 is 0 Å². The van der Waals surface area contributed by atoms with Crippen molar-refractivity contribution in [3.63, 3.8) is 0 Å². The first-order valence-corrected chi connectivity index (χ1v) is 7.62. The van der Waals surface area contributed by atoms with Crippen molar-refractivity contribution in [3.05, 3.63) is 54.6 Å². The number of aliphatic hydroxyl groups excluding tert-OH is 1. The van der Waals surface area contributed by atoms with Gasteiger partial charge >= 0.3 is 6.03 Å². The minimum atomic E-state index is -0.135. The average Bonchev–Trinajstić information content (AvgIpc) is 3.05. The molecule has 114 valence electrons. The number of amides is 2. The number of carbonyl (C=O) groups excluding carboxylic acids is 1. The van der Waals surface area contributed by atoms with E-state index in [1.807, 2.05) is 42.5 Å². The minimum absolute atomic E-state index is 0.0281. The number of rotatable bonds is 3. The third-order valence-corrected chi connectivity index (χ3v) is 4.09. The van der Waals surface area contributed by atoms with Crippen LogP contribution in [-0.4, -0.2) is 35.2 Å². The Labute approximate surface area is 130 Å². The van der Waals surface area contributed by atoms with Crippen molar-refractivity contribution in [2.75, 3.05) is 18.5 Å². The topological polar surface area (TPSA) is 52.6 Å². The molecule has 22 heavy (non-hydrogen) atoms. The van der Waals surface area contributed by atoms with Gasteiger partial charge in [-0.3, -0.25) is 0 Å². The van der Waals surface area contributed by atoms with Crippen LogP contribution in [0.15, 0.2) is 54.6 Å². The summed E-state index contributed by atoms with van der Waals surface area (Å²) in [5.41, 5.74) is 3.04. The molecule has 4 nitrogen and oxygen atoms in total. The molecule has 2 aromatic rings. The molecule has 3 rings (SSSR count). The number of benzene rings is 2. The number of urea groups is 1. The van der Waals surface area contributed by atoms with E-state index in [1.165, 1.54) is 0 Å². The Balaban J connectivity index is 1.67. The molecular weight excluding hydrogens is 276 g/mol. The molecule has 1 fully saturated rings. The van der Waals surface area contributed by atoms with E-state index < -0.39 is 0 Å². The van der Waals surface area contributed by atoms with Gasteiger partial charge in [0.2, 0.25) is 0 Å². The van der Waals surface area contributed by atoms with Crippen LogP contribution in [0.4, 0.5) is 10.5 Å². The zero-order valence-corrected chi connectivity index (χ0v) is 12.4. The van der Waals surface area contributed by atoms with E-state index in [0.717, 1.165) is 29.7 Å². The number of nitrogens with zero attached hydrogens (tertiary/aromatic N) is 1. The second-order valence-electron chi connectivity index (χ2n) is 5.55. The molecule has 2 amide bonds. The van der Waals surface area contributed by atoms with Gasteiger partial charge in [-0.25, -0.2) is 4.79 Å². The quantitative estimate of drug-likeness (QED) is 0.912. The monoisotopic (exact) mass is 296 g/mol. The zero-order chi connectivity index (χ0) is 15.4. The summed E-state index contributed by atoms with van der Waals surface area (Å²) >= 11 is 0. The SMILES string of the molecule is O=C(Nc1ccc(-c2ccccc2)cc1)N1CCC[C@@H]1CO. The summed E-state index contributed by atoms with van der Waals surface area (Å²) in [5.74, 6) is 0. The predicted molar refractivity (Wildman–Crippen MR) is 87.7 cm³/mol. The molecule has 1 aliphatic heterocycles. The summed E-state index contributed by atoms with van der Waals surface area (Å²) in [6.07, 6.45) is 1.82. The van der Waals surface area contributed by atoms with Crippen molar-refractivity contribution in [1.82, 2.24) is 4.90 Å². The Morgan fingerprint density at radius 1 is 1.09 bits per heavy atom. The van der Waals surface area contributed by atoms with E-state index in [0.29, 0.717) is 6.54 Å². The van der Waals surface area contributed by atoms with Crippen molar-refractivity contribution < 1.29 is 9.90 Å². The number of carbonyl (C=O) groups is 1. The number of likely N-dealkylation sites (tertiary alicyclic amines) is 1. The van der Waals surface area contributed by atoms with E-state index in [4.69, 9.17) is 0 Å². The van der Waals surface area contributed by atoms with Crippen molar-refractivity contribution in [2.45, 2.75) is 18.9 Å². The Morgan fingerprint density at radius 2 is 1.77 bits per heavy atom. The summed E-state index contributed by atoms with van der Waals surface area (Å²) in [4.78, 5) is 14.0. The minimum Gasteiger partial charge on any atom is -0.394 e. The fraction of sp³-hybridized carbons (Fsp3) is 0.278. The van der Waals surface area contributed by atoms with Gasteiger partial charge in [0, 0.05) is 12.2 Å². The standard InChI is InChI=1S/C18H20N2O2/c21-13-17-7-4-12-20(17)18(22)19-16-10-8-15(9-11-16)14-5-2-1-3-6-14/h1-3,5-6,8-11,17,21H,4,7,12-13H2,(H,19,22)/t17-/m1/s1. The van der Waals surface area contributed by atoms with Gasteiger partial charge in [0.1, 0.15) is 0 Å². The summed E-state index contributed by atoms with van der Waals surface area (Å²) in [6.45, 7) is 0.736. The molecule has 1 heterocycles. The number of aliphatic hydroxyl groups is 1. The van der Waals surface area contributed by atoms with Gasteiger partial charge in [-0.05, 0) is 36.1 Å². The molecule has 0 aliphatic carbocycles. The first-order valence-electron chi connectivity index (χ1n) is 7.62. The average molecular weight is 296 g/mol. The molecule has 2 N–H and O–H groups in total. The van der Waals surface area contributed by atoms with E-state index in [2.05, 4.69) is 17.4 Å². The van der Waals surface area contributed by atoms with E-state index in [9.17, 15) is 9.90 Å². The summed E-state index contributed by atoms with van der Waals surface area (Å²) < 4.78 is 0. The summed E-state index contributed by atoms with van der Waals surface area (Å²) in [5, 5.41) is 12.2. The maximum absolute atomic E-state index is 12.2. The van der Waals surface area contributed by atoms with Crippen molar-refractivity contribution in [1.29, 1.82) is 0 Å². The molecular formula is C18H20N2O2. The normalized spacial score (nSPS) is 17.5. The van der Waals surface area contributed by atoms with E-state index in [1.54, 1.807) is 4.90 Å². The highest BCUT2D eigenvalue weighted by Crippen LogP contribution is 2.22. The fourth-order valence-corrected chi connectivity index (χ4v) is 2.86. The lowest BCUT2D eigenvalue weighted by Gasteiger charge is -2.23. The second-order valence-corrected chi connectivity index (χ2v) is 5.55. The molecule has 4 heteroatoms. The Hall–Kier alpha value is -2.33. The van der Waals surface area contributed by atoms with Crippen LogP contribution in [0.1, 0.15) is 12.8 Å². The molecule has 0 aromatic heterocycles. The molecule has 0 unspecified atom stereocenters. The molecule has 0 spiro atoms. The molecule has 0 radical (unpaired) electrons. The lowest BCUT2D eigenvalue weighted by atomic mass is 10.1. The Morgan fingerprint density at radius 3 is 2.45 bits per heavy atom. The number of hydrogen-bond donors (Lipinski definition) is 2. The highest BCUT2D eigenvalue weighted by atomic mass is 16.3. The molecule has 1 aliphatic rings. The molecule has 1 atom stereocenters. The van der Waals surface area contributed by atoms with Crippen LogP contribution >= 0.6 is 0 Å². The number of nitrogens with one attached hydrogen (secondary N) is 1. The lowest BCUT2D eigenvalue weighted by Crippen LogP contribution is -2.40. The van der Waals surface area contributed by atoms with Crippen LogP contribution < -0.4 is 5.32 Å². The van der Waals surface area contributed by atoms with E-state index in [-0.39, 0.29) is 18.7 Å². The molecule has 0 bridgehead atoms. The highest BCUT2D eigenvalue weighted by molar-refractivity contribution is 5.90. The van der Waals surface area contributed by atoms with Gasteiger partial charge in [0.15, 0.2) is 0 Å². The van der Waals surface area contributed by atoms with Gasteiger partial charge in [-0.1, -0.05) is 42.5 Å². The summed E-state index contributed by atoms with van der Waals surface area (Å²) in [6, 6.07) is 17.7. The summed E-state index contributed by atoms with van der Waals surface area (Å²) in [7, 11) is 0. The largest absolute Gasteiger partial charge is 0.394 e. The van der Waals surface area contributed by atoms with Gasteiger partial charge in [0.05, 0.1) is 12.6 Å². The lowest BCUT2D eigenvalue weighted by molar-refractivity contribution is 0.166. The van der Waals surface area contributed by atoms with Crippen LogP contribution in [0.2, 0.25) is 0 Å². The maximum atomic E-state index is 12.2.